The molecule has 2 unspecified atom stereocenters. The molecule has 0 rings (SSSR count). The molecule has 126 valence electrons. The Hall–Kier alpha value is -1.39. The van der Waals surface area contributed by atoms with Crippen molar-refractivity contribution in [3.63, 3.8) is 0 Å². The van der Waals surface area contributed by atoms with Crippen molar-refractivity contribution in [1.82, 2.24) is 0 Å². The van der Waals surface area contributed by atoms with E-state index in [2.05, 4.69) is 0 Å². The third-order valence-electron chi connectivity index (χ3n) is 3.31. The van der Waals surface area contributed by atoms with E-state index in [9.17, 15) is 15.0 Å². The van der Waals surface area contributed by atoms with Gasteiger partial charge in [0.25, 0.3) is 0 Å². The van der Waals surface area contributed by atoms with Gasteiger partial charge in [-0.25, -0.2) is 0 Å². The maximum absolute atomic E-state index is 10.3. The second-order valence-corrected chi connectivity index (χ2v) is 5.40. The van der Waals surface area contributed by atoms with Gasteiger partial charge in [0, 0.05) is 6.42 Å². The number of aliphatic hydroxyl groups is 2. The largest absolute Gasteiger partial charge is 0.481 e. The van der Waals surface area contributed by atoms with E-state index in [0.29, 0.717) is 6.42 Å². The van der Waals surface area contributed by atoms with Crippen LogP contribution in [0.1, 0.15) is 58.3 Å². The van der Waals surface area contributed by atoms with Crippen molar-refractivity contribution in [3.8, 4) is 0 Å². The summed E-state index contributed by atoms with van der Waals surface area (Å²) in [5.41, 5.74) is 0. The zero-order valence-corrected chi connectivity index (χ0v) is 13.5. The molecule has 0 aliphatic rings. The number of carboxylic acid groups (broad SMARTS) is 1. The van der Waals surface area contributed by atoms with Crippen LogP contribution in [0.5, 0.6) is 0 Å². The molecule has 0 bridgehead atoms. The molecule has 22 heavy (non-hydrogen) atoms. The van der Waals surface area contributed by atoms with E-state index in [1.54, 1.807) is 24.3 Å². The third-order valence-corrected chi connectivity index (χ3v) is 3.31. The first-order chi connectivity index (χ1) is 10.6. The van der Waals surface area contributed by atoms with Crippen molar-refractivity contribution in [3.05, 3.63) is 36.5 Å². The van der Waals surface area contributed by atoms with Crippen LogP contribution in [0.3, 0.4) is 0 Å². The molecular weight excluding hydrogens is 280 g/mol. The van der Waals surface area contributed by atoms with E-state index in [0.717, 1.165) is 38.5 Å². The number of aliphatic hydroxyl groups excluding tert-OH is 2. The molecule has 4 nitrogen and oxygen atoms in total. The highest BCUT2D eigenvalue weighted by Crippen LogP contribution is 2.09. The monoisotopic (exact) mass is 310 g/mol. The van der Waals surface area contributed by atoms with Crippen LogP contribution in [0.4, 0.5) is 0 Å². The summed E-state index contributed by atoms with van der Waals surface area (Å²) in [6, 6.07) is 0. The fraction of sp³-hybridized carbons (Fsp3) is 0.611. The Morgan fingerprint density at radius 3 is 2.00 bits per heavy atom. The number of hydrogen-bond acceptors (Lipinski definition) is 3. The standard InChI is InChI=1S/C18H30O4/c1-2-16(19)12-8-6-7-10-14-17(20)13-9-4-3-5-11-15-18(21)22/h6-8,10,12,14,16-17,19-20H,2-5,9,11,13,15H2,1H3,(H,21,22). The van der Waals surface area contributed by atoms with Crippen LogP contribution in [0.25, 0.3) is 0 Å². The molecule has 0 saturated carbocycles. The van der Waals surface area contributed by atoms with Crippen molar-refractivity contribution >= 4 is 5.97 Å². The van der Waals surface area contributed by atoms with Gasteiger partial charge in [-0.15, -0.1) is 0 Å². The Morgan fingerprint density at radius 2 is 1.41 bits per heavy atom. The summed E-state index contributed by atoms with van der Waals surface area (Å²) in [7, 11) is 0. The minimum atomic E-state index is -0.729. The first-order valence-electron chi connectivity index (χ1n) is 8.15. The van der Waals surface area contributed by atoms with Gasteiger partial charge in [0.2, 0.25) is 0 Å². The highest BCUT2D eigenvalue weighted by atomic mass is 16.4. The van der Waals surface area contributed by atoms with Gasteiger partial charge in [0.05, 0.1) is 12.2 Å². The molecule has 0 saturated heterocycles. The maximum atomic E-state index is 10.3. The minimum Gasteiger partial charge on any atom is -0.481 e. The van der Waals surface area contributed by atoms with Gasteiger partial charge in [0.15, 0.2) is 0 Å². The Morgan fingerprint density at radius 1 is 0.864 bits per heavy atom. The lowest BCUT2D eigenvalue weighted by Crippen LogP contribution is -2.01. The molecule has 0 fully saturated rings. The number of aliphatic carboxylic acids is 1. The summed E-state index contributed by atoms with van der Waals surface area (Å²) in [6.45, 7) is 1.92. The highest BCUT2D eigenvalue weighted by Gasteiger charge is 1.99. The average Bonchev–Trinajstić information content (AvgIpc) is 2.49. The van der Waals surface area contributed by atoms with Gasteiger partial charge in [-0.05, 0) is 19.3 Å². The van der Waals surface area contributed by atoms with Gasteiger partial charge < -0.3 is 15.3 Å². The van der Waals surface area contributed by atoms with E-state index < -0.39 is 18.2 Å². The number of hydrogen-bond donors (Lipinski definition) is 3. The van der Waals surface area contributed by atoms with Gasteiger partial charge in [-0.3, -0.25) is 4.79 Å². The molecule has 4 heteroatoms. The lowest BCUT2D eigenvalue weighted by atomic mass is 10.1. The van der Waals surface area contributed by atoms with Crippen molar-refractivity contribution < 1.29 is 20.1 Å². The zero-order chi connectivity index (χ0) is 16.6. The van der Waals surface area contributed by atoms with Crippen molar-refractivity contribution in [2.45, 2.75) is 70.5 Å². The Bertz CT molecular complexity index is 358. The van der Waals surface area contributed by atoms with Crippen LogP contribution in [0, 0.1) is 0 Å². The van der Waals surface area contributed by atoms with Gasteiger partial charge >= 0.3 is 5.97 Å². The molecule has 0 radical (unpaired) electrons. The lowest BCUT2D eigenvalue weighted by molar-refractivity contribution is -0.137. The Kier molecular flexibility index (Phi) is 13.6. The van der Waals surface area contributed by atoms with Crippen LogP contribution < -0.4 is 0 Å². The van der Waals surface area contributed by atoms with Crippen LogP contribution in [0.15, 0.2) is 36.5 Å². The van der Waals surface area contributed by atoms with E-state index >= 15 is 0 Å². The summed E-state index contributed by atoms with van der Waals surface area (Å²) in [4.78, 5) is 10.3. The van der Waals surface area contributed by atoms with Crippen molar-refractivity contribution in [2.75, 3.05) is 0 Å². The van der Waals surface area contributed by atoms with Gasteiger partial charge in [-0.1, -0.05) is 69.1 Å². The summed E-state index contributed by atoms with van der Waals surface area (Å²) >= 11 is 0. The van der Waals surface area contributed by atoms with E-state index in [4.69, 9.17) is 5.11 Å². The number of rotatable bonds is 13. The first kappa shape index (κ1) is 20.6. The molecule has 0 heterocycles. The minimum absolute atomic E-state index is 0.251. The molecule has 0 aromatic rings. The highest BCUT2D eigenvalue weighted by molar-refractivity contribution is 5.66. The Balaban J connectivity index is 3.58. The molecule has 0 aliphatic carbocycles. The van der Waals surface area contributed by atoms with Crippen molar-refractivity contribution in [2.24, 2.45) is 0 Å². The van der Waals surface area contributed by atoms with E-state index in [1.165, 1.54) is 0 Å². The number of unbranched alkanes of at least 4 members (excludes halogenated alkanes) is 4. The second-order valence-electron chi connectivity index (χ2n) is 5.40. The number of allylic oxidation sites excluding steroid dienone is 4. The van der Waals surface area contributed by atoms with E-state index in [1.807, 2.05) is 19.1 Å². The molecule has 0 aromatic heterocycles. The first-order valence-corrected chi connectivity index (χ1v) is 8.15. The zero-order valence-electron chi connectivity index (χ0n) is 13.5. The fourth-order valence-corrected chi connectivity index (χ4v) is 1.91. The summed E-state index contributed by atoms with van der Waals surface area (Å²) in [6.07, 6.45) is 16.3. The predicted molar refractivity (Wildman–Crippen MR) is 89.7 cm³/mol. The third kappa shape index (κ3) is 15.0. The average molecular weight is 310 g/mol. The van der Waals surface area contributed by atoms with Gasteiger partial charge in [-0.2, -0.15) is 0 Å². The fourth-order valence-electron chi connectivity index (χ4n) is 1.91. The SMILES string of the molecule is CCC(O)C=CC=CC=CC(O)CCCCCCCC(=O)O. The molecular formula is C18H30O4. The molecule has 0 amide bonds. The molecule has 0 aliphatic heterocycles. The quantitative estimate of drug-likeness (QED) is 0.359. The Labute approximate surface area is 133 Å². The second kappa shape index (κ2) is 14.5. The maximum Gasteiger partial charge on any atom is 0.303 e. The molecule has 0 spiro atoms. The van der Waals surface area contributed by atoms with Crippen LogP contribution in [0.2, 0.25) is 0 Å². The molecule has 2 atom stereocenters. The summed E-state index contributed by atoms with van der Waals surface area (Å²) < 4.78 is 0. The van der Waals surface area contributed by atoms with Crippen molar-refractivity contribution in [1.29, 1.82) is 0 Å². The predicted octanol–water partition coefficient (Wildman–Crippen LogP) is 3.60. The summed E-state index contributed by atoms with van der Waals surface area (Å²) in [5.74, 6) is -0.729. The number of carbonyl (C=O) groups is 1. The van der Waals surface area contributed by atoms with Gasteiger partial charge in [0.1, 0.15) is 0 Å². The smallest absolute Gasteiger partial charge is 0.303 e. The van der Waals surface area contributed by atoms with E-state index in [-0.39, 0.29) is 6.42 Å². The number of carboxylic acids is 1. The van der Waals surface area contributed by atoms with Crippen LogP contribution in [-0.4, -0.2) is 33.5 Å². The lowest BCUT2D eigenvalue weighted by Gasteiger charge is -2.04. The van der Waals surface area contributed by atoms with Crippen LogP contribution >= 0.6 is 0 Å². The van der Waals surface area contributed by atoms with Crippen LogP contribution in [-0.2, 0) is 4.79 Å². The molecule has 3 N–H and O–H groups in total. The molecule has 0 aromatic carbocycles. The topological polar surface area (TPSA) is 77.8 Å². The summed E-state index contributed by atoms with van der Waals surface area (Å²) in [5, 5.41) is 27.5. The normalized spacial score (nSPS) is 15.0.